The van der Waals surface area contributed by atoms with E-state index in [-0.39, 0.29) is 0 Å². The van der Waals surface area contributed by atoms with Crippen LogP contribution in [-0.2, 0) is 32.0 Å². The summed E-state index contributed by atoms with van der Waals surface area (Å²) in [7, 11) is 0. The number of nitrogens with zero attached hydrogens (tertiary/aromatic N) is 4. The summed E-state index contributed by atoms with van der Waals surface area (Å²) in [6.45, 7) is 3.96. The lowest BCUT2D eigenvalue weighted by atomic mass is 9.67. The largest absolute Gasteiger partial charge is 0.274 e. The quantitative estimate of drug-likeness (QED) is 0.600. The molecule has 2 aromatic rings. The highest BCUT2D eigenvalue weighted by Crippen LogP contribution is 2.47. The van der Waals surface area contributed by atoms with Gasteiger partial charge in [0.2, 0.25) is 23.6 Å². The van der Waals surface area contributed by atoms with E-state index in [1.165, 1.54) is 0 Å². The predicted molar refractivity (Wildman–Crippen MR) is 126 cm³/mol. The standard InChI is InChI=1S/C27H24N4O4/c1-3-17-5-9-19(10-6-17)30-23(32)13-21(25(30)34)27(15-28,16-29)22-14-24(33)31(26(22)35)20-11-7-18(4-2)8-12-20/h5-12,21-22H,3-4,13-14H2,1-2H3. The van der Waals surface area contributed by atoms with Crippen LogP contribution < -0.4 is 9.80 Å². The summed E-state index contributed by atoms with van der Waals surface area (Å²) >= 11 is 0. The van der Waals surface area contributed by atoms with Crippen LogP contribution in [-0.4, -0.2) is 23.6 Å². The number of amides is 4. The van der Waals surface area contributed by atoms with E-state index < -0.39 is 53.7 Å². The third-order valence-corrected chi connectivity index (χ3v) is 6.97. The highest BCUT2D eigenvalue weighted by atomic mass is 16.2. The molecule has 8 nitrogen and oxygen atoms in total. The van der Waals surface area contributed by atoms with Crippen LogP contribution in [0.1, 0.15) is 37.8 Å². The van der Waals surface area contributed by atoms with Crippen molar-refractivity contribution in [3.05, 3.63) is 59.7 Å². The molecule has 0 spiro atoms. The Bertz CT molecular complexity index is 1180. The average molecular weight is 469 g/mol. The van der Waals surface area contributed by atoms with Crippen molar-refractivity contribution in [1.82, 2.24) is 0 Å². The second-order valence-corrected chi connectivity index (χ2v) is 8.78. The van der Waals surface area contributed by atoms with E-state index in [1.54, 1.807) is 48.5 Å². The van der Waals surface area contributed by atoms with Gasteiger partial charge in [-0.2, -0.15) is 10.5 Å². The Kier molecular flexibility index (Phi) is 6.24. The molecular weight excluding hydrogens is 444 g/mol. The topological polar surface area (TPSA) is 122 Å². The van der Waals surface area contributed by atoms with Gasteiger partial charge in [0.15, 0.2) is 5.41 Å². The fraction of sp³-hybridized carbons (Fsp3) is 0.333. The Morgan fingerprint density at radius 1 is 0.714 bits per heavy atom. The molecule has 2 aliphatic rings. The van der Waals surface area contributed by atoms with Crippen LogP contribution in [0.5, 0.6) is 0 Å². The highest BCUT2D eigenvalue weighted by molar-refractivity contribution is 6.24. The maximum absolute atomic E-state index is 13.4. The van der Waals surface area contributed by atoms with Crippen LogP contribution in [0, 0.1) is 39.9 Å². The molecule has 0 aliphatic carbocycles. The fourth-order valence-corrected chi connectivity index (χ4v) is 4.86. The van der Waals surface area contributed by atoms with Gasteiger partial charge in [0.25, 0.3) is 0 Å². The van der Waals surface area contributed by atoms with Crippen molar-refractivity contribution in [3.63, 3.8) is 0 Å². The second kappa shape index (κ2) is 9.15. The van der Waals surface area contributed by atoms with E-state index in [2.05, 4.69) is 0 Å². The molecule has 0 radical (unpaired) electrons. The van der Waals surface area contributed by atoms with Crippen molar-refractivity contribution in [2.75, 3.05) is 9.80 Å². The van der Waals surface area contributed by atoms with E-state index in [0.29, 0.717) is 11.4 Å². The van der Waals surface area contributed by atoms with E-state index in [1.807, 2.05) is 26.0 Å². The van der Waals surface area contributed by atoms with Gasteiger partial charge in [-0.05, 0) is 48.2 Å². The van der Waals surface area contributed by atoms with Gasteiger partial charge in [-0.1, -0.05) is 38.1 Å². The maximum Gasteiger partial charge on any atom is 0.240 e. The van der Waals surface area contributed by atoms with E-state index in [4.69, 9.17) is 0 Å². The molecule has 2 fully saturated rings. The van der Waals surface area contributed by atoms with Crippen molar-refractivity contribution >= 4 is 35.0 Å². The number of rotatable bonds is 6. The van der Waals surface area contributed by atoms with Crippen molar-refractivity contribution in [2.24, 2.45) is 17.3 Å². The molecule has 4 amide bonds. The summed E-state index contributed by atoms with van der Waals surface area (Å²) in [5.74, 6) is -5.26. The van der Waals surface area contributed by atoms with Gasteiger partial charge in [-0.15, -0.1) is 0 Å². The molecule has 4 rings (SSSR count). The number of aryl methyl sites for hydroxylation is 2. The molecule has 0 aromatic heterocycles. The van der Waals surface area contributed by atoms with Gasteiger partial charge < -0.3 is 0 Å². The molecule has 2 aliphatic heterocycles. The molecule has 0 bridgehead atoms. The first-order valence-corrected chi connectivity index (χ1v) is 11.5. The molecule has 2 unspecified atom stereocenters. The smallest absolute Gasteiger partial charge is 0.240 e. The minimum atomic E-state index is -2.16. The molecule has 2 atom stereocenters. The Labute approximate surface area is 203 Å². The lowest BCUT2D eigenvalue weighted by molar-refractivity contribution is -0.126. The van der Waals surface area contributed by atoms with Crippen molar-refractivity contribution in [1.29, 1.82) is 10.5 Å². The Morgan fingerprint density at radius 2 is 1.06 bits per heavy atom. The monoisotopic (exact) mass is 468 g/mol. The third-order valence-electron chi connectivity index (χ3n) is 6.97. The molecule has 0 saturated carbocycles. The minimum Gasteiger partial charge on any atom is -0.274 e. The number of anilines is 2. The summed E-state index contributed by atoms with van der Waals surface area (Å²) in [4.78, 5) is 54.4. The summed E-state index contributed by atoms with van der Waals surface area (Å²) < 4.78 is 0. The summed E-state index contributed by atoms with van der Waals surface area (Å²) in [5, 5.41) is 20.2. The highest BCUT2D eigenvalue weighted by Gasteiger charge is 2.62. The first-order valence-electron chi connectivity index (χ1n) is 11.5. The number of benzene rings is 2. The van der Waals surface area contributed by atoms with E-state index >= 15 is 0 Å². The number of hydrogen-bond acceptors (Lipinski definition) is 6. The van der Waals surface area contributed by atoms with Gasteiger partial charge in [0.05, 0.1) is 35.3 Å². The molecule has 2 aromatic carbocycles. The van der Waals surface area contributed by atoms with Crippen LogP contribution in [0.25, 0.3) is 0 Å². The zero-order valence-corrected chi connectivity index (χ0v) is 19.5. The predicted octanol–water partition coefficient (Wildman–Crippen LogP) is 3.30. The van der Waals surface area contributed by atoms with Crippen molar-refractivity contribution in [2.45, 2.75) is 39.5 Å². The second-order valence-electron chi connectivity index (χ2n) is 8.78. The summed E-state index contributed by atoms with van der Waals surface area (Å²) in [6, 6.07) is 17.5. The molecule has 2 saturated heterocycles. The van der Waals surface area contributed by atoms with Gasteiger partial charge in [0.1, 0.15) is 0 Å². The van der Waals surface area contributed by atoms with Gasteiger partial charge >= 0.3 is 0 Å². The Morgan fingerprint density at radius 3 is 1.34 bits per heavy atom. The first-order chi connectivity index (χ1) is 16.8. The summed E-state index contributed by atoms with van der Waals surface area (Å²) in [6.07, 6.45) is 0.788. The molecule has 176 valence electrons. The van der Waals surface area contributed by atoms with Crippen molar-refractivity contribution in [3.8, 4) is 12.1 Å². The van der Waals surface area contributed by atoms with E-state index in [0.717, 1.165) is 33.8 Å². The lowest BCUT2D eigenvalue weighted by Gasteiger charge is -2.28. The minimum absolute atomic E-state index is 0.343. The van der Waals surface area contributed by atoms with Crippen LogP contribution in [0.4, 0.5) is 11.4 Å². The van der Waals surface area contributed by atoms with Crippen LogP contribution in [0.3, 0.4) is 0 Å². The molecule has 8 heteroatoms. The SMILES string of the molecule is CCc1ccc(N2C(=O)CC(C(C#N)(C#N)C3CC(=O)N(c4ccc(CC)cc4)C3=O)C2=O)cc1. The van der Waals surface area contributed by atoms with Crippen molar-refractivity contribution < 1.29 is 19.2 Å². The lowest BCUT2D eigenvalue weighted by Crippen LogP contribution is -2.44. The number of imide groups is 2. The number of hydrogen-bond donors (Lipinski definition) is 0. The zero-order chi connectivity index (χ0) is 25.3. The summed E-state index contributed by atoms with van der Waals surface area (Å²) in [5.41, 5.74) is 0.576. The van der Waals surface area contributed by atoms with Gasteiger partial charge in [-0.3, -0.25) is 29.0 Å². The van der Waals surface area contributed by atoms with Gasteiger partial charge in [0, 0.05) is 12.8 Å². The Balaban J connectivity index is 1.68. The molecular formula is C27H24N4O4. The molecule has 0 N–H and O–H groups in total. The van der Waals surface area contributed by atoms with Crippen LogP contribution in [0.2, 0.25) is 0 Å². The zero-order valence-electron chi connectivity index (χ0n) is 19.5. The normalized spacial score (nSPS) is 20.3. The number of nitriles is 2. The third kappa shape index (κ3) is 3.77. The Hall–Kier alpha value is -4.30. The number of carbonyl (C=O) groups excluding carboxylic acids is 4. The average Bonchev–Trinajstić information content (AvgIpc) is 3.35. The van der Waals surface area contributed by atoms with E-state index in [9.17, 15) is 29.7 Å². The van der Waals surface area contributed by atoms with Crippen LogP contribution >= 0.6 is 0 Å². The number of carbonyl (C=O) groups is 4. The fourth-order valence-electron chi connectivity index (χ4n) is 4.86. The van der Waals surface area contributed by atoms with Gasteiger partial charge in [-0.25, -0.2) is 0 Å². The molecule has 2 heterocycles. The first kappa shape index (κ1) is 23.8. The maximum atomic E-state index is 13.4. The van der Waals surface area contributed by atoms with Crippen LogP contribution in [0.15, 0.2) is 48.5 Å². The molecule has 35 heavy (non-hydrogen) atoms.